The molecule has 0 saturated carbocycles. The standard InChI is InChI=1S/C28H27N3O3/c1-19-25(18-31-16-15-21-5-3-4-6-26(21)31)30-28(34-19)23-11-9-22(10-12-23)27(32)29-17-20-7-13-24(33-2)14-8-20/h3-14H,15-18H2,1-2H3,(H,29,32). The Hall–Kier alpha value is -4.06. The van der Waals surface area contributed by atoms with Crippen molar-refractivity contribution in [1.29, 1.82) is 0 Å². The van der Waals surface area contributed by atoms with Crippen LogP contribution < -0.4 is 15.0 Å². The summed E-state index contributed by atoms with van der Waals surface area (Å²) in [7, 11) is 1.63. The molecule has 6 heteroatoms. The van der Waals surface area contributed by atoms with Crippen LogP contribution in [0.4, 0.5) is 5.69 Å². The molecule has 0 atom stereocenters. The first-order valence-electron chi connectivity index (χ1n) is 11.4. The highest BCUT2D eigenvalue weighted by atomic mass is 16.5. The topological polar surface area (TPSA) is 67.6 Å². The second-order valence-corrected chi connectivity index (χ2v) is 8.43. The molecule has 0 aliphatic carbocycles. The molecule has 0 unspecified atom stereocenters. The lowest BCUT2D eigenvalue weighted by molar-refractivity contribution is 0.0951. The number of hydrogen-bond donors (Lipinski definition) is 1. The summed E-state index contributed by atoms with van der Waals surface area (Å²) >= 11 is 0. The molecule has 1 aromatic heterocycles. The van der Waals surface area contributed by atoms with Gasteiger partial charge in [0.1, 0.15) is 17.2 Å². The Morgan fingerprint density at radius 1 is 1.06 bits per heavy atom. The Bertz CT molecular complexity index is 1290. The molecular weight excluding hydrogens is 426 g/mol. The van der Waals surface area contributed by atoms with Crippen molar-refractivity contribution in [2.45, 2.75) is 26.4 Å². The Labute approximate surface area is 199 Å². The summed E-state index contributed by atoms with van der Waals surface area (Å²) in [5.41, 5.74) is 6.04. The van der Waals surface area contributed by atoms with Crippen LogP contribution in [-0.2, 0) is 19.5 Å². The molecule has 2 heterocycles. The summed E-state index contributed by atoms with van der Waals surface area (Å²) in [5, 5.41) is 2.95. The van der Waals surface area contributed by atoms with E-state index in [9.17, 15) is 4.79 Å². The van der Waals surface area contributed by atoms with E-state index in [1.807, 2.05) is 43.3 Å². The Morgan fingerprint density at radius 2 is 1.82 bits per heavy atom. The van der Waals surface area contributed by atoms with Gasteiger partial charge in [-0.2, -0.15) is 0 Å². The molecule has 172 valence electrons. The highest BCUT2D eigenvalue weighted by Crippen LogP contribution is 2.30. The molecule has 0 radical (unpaired) electrons. The number of ether oxygens (including phenoxy) is 1. The number of benzene rings is 3. The quantitative estimate of drug-likeness (QED) is 0.419. The zero-order valence-corrected chi connectivity index (χ0v) is 19.4. The van der Waals surface area contributed by atoms with Gasteiger partial charge in [0, 0.05) is 29.9 Å². The number of carbonyl (C=O) groups is 1. The number of oxazole rings is 1. The van der Waals surface area contributed by atoms with Crippen LogP contribution >= 0.6 is 0 Å². The molecule has 1 aliphatic rings. The first kappa shape index (κ1) is 21.8. The first-order valence-corrected chi connectivity index (χ1v) is 11.4. The predicted octanol–water partition coefficient (Wildman–Crippen LogP) is 5.15. The molecule has 34 heavy (non-hydrogen) atoms. The molecule has 6 nitrogen and oxygen atoms in total. The fraction of sp³-hybridized carbons (Fsp3) is 0.214. The van der Waals surface area contributed by atoms with Crippen LogP contribution in [0.15, 0.2) is 77.2 Å². The number of nitrogens with one attached hydrogen (secondary N) is 1. The van der Waals surface area contributed by atoms with Crippen LogP contribution in [0.3, 0.4) is 0 Å². The third-order valence-electron chi connectivity index (χ3n) is 6.22. The van der Waals surface area contributed by atoms with E-state index in [1.54, 1.807) is 19.2 Å². The summed E-state index contributed by atoms with van der Waals surface area (Å²) in [6, 6.07) is 23.5. The van der Waals surface area contributed by atoms with E-state index in [-0.39, 0.29) is 5.91 Å². The highest BCUT2D eigenvalue weighted by Gasteiger charge is 2.21. The molecule has 0 fully saturated rings. The van der Waals surface area contributed by atoms with E-state index in [2.05, 4.69) is 34.5 Å². The SMILES string of the molecule is COc1ccc(CNC(=O)c2ccc(-c3nc(CN4CCc5ccccc54)c(C)o3)cc2)cc1. The summed E-state index contributed by atoms with van der Waals surface area (Å²) in [5.74, 6) is 2.06. The van der Waals surface area contributed by atoms with Crippen LogP contribution in [0.1, 0.15) is 32.9 Å². The maximum Gasteiger partial charge on any atom is 0.251 e. The number of rotatable bonds is 7. The van der Waals surface area contributed by atoms with Crippen molar-refractivity contribution in [3.05, 3.63) is 101 Å². The molecule has 0 saturated heterocycles. The molecule has 1 N–H and O–H groups in total. The van der Waals surface area contributed by atoms with E-state index in [1.165, 1.54) is 11.3 Å². The Kier molecular flexibility index (Phi) is 6.04. The van der Waals surface area contributed by atoms with Crippen molar-refractivity contribution in [2.75, 3.05) is 18.6 Å². The molecule has 0 bridgehead atoms. The maximum atomic E-state index is 12.6. The van der Waals surface area contributed by atoms with Gasteiger partial charge in [0.05, 0.1) is 13.7 Å². The lowest BCUT2D eigenvalue weighted by Gasteiger charge is -2.17. The van der Waals surface area contributed by atoms with Gasteiger partial charge in [-0.1, -0.05) is 30.3 Å². The van der Waals surface area contributed by atoms with Gasteiger partial charge >= 0.3 is 0 Å². The number of nitrogens with zero attached hydrogens (tertiary/aromatic N) is 2. The molecule has 3 aromatic carbocycles. The van der Waals surface area contributed by atoms with Gasteiger partial charge in [-0.15, -0.1) is 0 Å². The minimum absolute atomic E-state index is 0.126. The van der Waals surface area contributed by atoms with Crippen molar-refractivity contribution in [2.24, 2.45) is 0 Å². The van der Waals surface area contributed by atoms with Gasteiger partial charge in [-0.3, -0.25) is 4.79 Å². The maximum absolute atomic E-state index is 12.6. The van der Waals surface area contributed by atoms with E-state index >= 15 is 0 Å². The second-order valence-electron chi connectivity index (χ2n) is 8.43. The van der Waals surface area contributed by atoms with Crippen LogP contribution in [0.2, 0.25) is 0 Å². The van der Waals surface area contributed by atoms with E-state index in [4.69, 9.17) is 14.1 Å². The van der Waals surface area contributed by atoms with Gasteiger partial charge < -0.3 is 19.4 Å². The molecular formula is C28H27N3O3. The zero-order valence-electron chi connectivity index (χ0n) is 19.4. The Balaban J connectivity index is 1.23. The molecule has 5 rings (SSSR count). The lowest BCUT2D eigenvalue weighted by atomic mass is 10.1. The van der Waals surface area contributed by atoms with Crippen molar-refractivity contribution in [3.8, 4) is 17.2 Å². The number of para-hydroxylation sites is 1. The van der Waals surface area contributed by atoms with Gasteiger partial charge in [0.2, 0.25) is 5.89 Å². The minimum atomic E-state index is -0.126. The third kappa shape index (κ3) is 4.53. The molecule has 1 amide bonds. The van der Waals surface area contributed by atoms with Gasteiger partial charge in [-0.05, 0) is 66.9 Å². The van der Waals surface area contributed by atoms with Crippen molar-refractivity contribution >= 4 is 11.6 Å². The van der Waals surface area contributed by atoms with Gasteiger partial charge in [-0.25, -0.2) is 4.98 Å². The fourth-order valence-electron chi connectivity index (χ4n) is 4.24. The second kappa shape index (κ2) is 9.43. The normalized spacial score (nSPS) is 12.5. The highest BCUT2D eigenvalue weighted by molar-refractivity contribution is 5.94. The number of anilines is 1. The van der Waals surface area contributed by atoms with Crippen LogP contribution in [0.5, 0.6) is 5.75 Å². The summed E-state index contributed by atoms with van der Waals surface area (Å²) in [4.78, 5) is 19.7. The predicted molar refractivity (Wildman–Crippen MR) is 132 cm³/mol. The smallest absolute Gasteiger partial charge is 0.251 e. The minimum Gasteiger partial charge on any atom is -0.497 e. The number of hydrogen-bond acceptors (Lipinski definition) is 5. The number of methoxy groups -OCH3 is 1. The average molecular weight is 454 g/mol. The molecule has 0 spiro atoms. The van der Waals surface area contributed by atoms with Crippen molar-refractivity contribution in [1.82, 2.24) is 10.3 Å². The van der Waals surface area contributed by atoms with Crippen LogP contribution in [-0.4, -0.2) is 24.5 Å². The first-order chi connectivity index (χ1) is 16.6. The third-order valence-corrected chi connectivity index (χ3v) is 6.22. The number of aromatic nitrogens is 1. The van der Waals surface area contributed by atoms with Crippen molar-refractivity contribution < 1.29 is 13.9 Å². The zero-order chi connectivity index (χ0) is 23.5. The fourth-order valence-corrected chi connectivity index (χ4v) is 4.24. The van der Waals surface area contributed by atoms with E-state index in [0.717, 1.165) is 47.8 Å². The summed E-state index contributed by atoms with van der Waals surface area (Å²) < 4.78 is 11.1. The molecule has 1 aliphatic heterocycles. The van der Waals surface area contributed by atoms with E-state index in [0.29, 0.717) is 18.0 Å². The average Bonchev–Trinajstić information content (AvgIpc) is 3.46. The lowest BCUT2D eigenvalue weighted by Crippen LogP contribution is -2.22. The van der Waals surface area contributed by atoms with Gasteiger partial charge in [0.25, 0.3) is 5.91 Å². The Morgan fingerprint density at radius 3 is 2.59 bits per heavy atom. The summed E-state index contributed by atoms with van der Waals surface area (Å²) in [6.45, 7) is 4.11. The largest absolute Gasteiger partial charge is 0.497 e. The van der Waals surface area contributed by atoms with E-state index < -0.39 is 0 Å². The molecule has 4 aromatic rings. The number of aryl methyl sites for hydroxylation is 1. The summed E-state index contributed by atoms with van der Waals surface area (Å²) in [6.07, 6.45) is 1.06. The van der Waals surface area contributed by atoms with Crippen LogP contribution in [0, 0.1) is 6.92 Å². The van der Waals surface area contributed by atoms with Gasteiger partial charge in [0.15, 0.2) is 0 Å². The monoisotopic (exact) mass is 453 g/mol. The number of fused-ring (bicyclic) bond motifs is 1. The number of carbonyl (C=O) groups excluding carboxylic acids is 1. The van der Waals surface area contributed by atoms with Crippen LogP contribution in [0.25, 0.3) is 11.5 Å². The van der Waals surface area contributed by atoms with Crippen molar-refractivity contribution in [3.63, 3.8) is 0 Å². The number of amides is 1.